The maximum atomic E-state index is 3.85. The number of hydrogen-bond donors (Lipinski definition) is 2. The van der Waals surface area contributed by atoms with E-state index in [0.29, 0.717) is 0 Å². The molecule has 0 aromatic rings. The van der Waals surface area contributed by atoms with E-state index in [2.05, 4.69) is 36.5 Å². The van der Waals surface area contributed by atoms with Crippen molar-refractivity contribution in [2.45, 2.75) is 6.42 Å². The highest BCUT2D eigenvalue weighted by Crippen LogP contribution is 1.79. The van der Waals surface area contributed by atoms with E-state index in [1.807, 2.05) is 0 Å². The Morgan fingerprint density at radius 3 is 2.50 bits per heavy atom. The van der Waals surface area contributed by atoms with Gasteiger partial charge in [0.1, 0.15) is 0 Å². The maximum Gasteiger partial charge on any atom is 0.00683 e. The molecule has 0 aliphatic carbocycles. The van der Waals surface area contributed by atoms with Gasteiger partial charge in [0, 0.05) is 6.54 Å². The fraction of sp³-hybridized carbons (Fsp3) is 1.00. The summed E-state index contributed by atoms with van der Waals surface area (Å²) in [5.74, 6) is 0. The van der Waals surface area contributed by atoms with Crippen LogP contribution in [0.15, 0.2) is 0 Å². The summed E-state index contributed by atoms with van der Waals surface area (Å²) < 4.78 is 2.79. The van der Waals surface area contributed by atoms with Crippen molar-refractivity contribution in [3.8, 4) is 0 Å². The Kier molecular flexibility index (Phi) is 5.59. The zero-order valence-corrected chi connectivity index (χ0v) is 6.41. The molecule has 0 unspecified atom stereocenters. The molecule has 0 aromatic heterocycles. The smallest absolute Gasteiger partial charge is 0.00683 e. The second-order valence-corrected chi connectivity index (χ2v) is 2.38. The third-order valence-corrected chi connectivity index (χ3v) is 1.12. The highest BCUT2D eigenvalue weighted by Gasteiger charge is 1.86. The van der Waals surface area contributed by atoms with Gasteiger partial charge in [-0.05, 0) is 27.1 Å². The van der Waals surface area contributed by atoms with Crippen molar-refractivity contribution in [2.24, 2.45) is 0 Å². The van der Waals surface area contributed by atoms with Crippen LogP contribution in [0.1, 0.15) is 6.42 Å². The SMILES string of the molecule is CN(C)CCCNS. The average Bonchev–Trinajstić information content (AvgIpc) is 1.66. The summed E-state index contributed by atoms with van der Waals surface area (Å²) in [6.45, 7) is 2.12. The largest absolute Gasteiger partial charge is 0.309 e. The molecule has 0 amide bonds. The van der Waals surface area contributed by atoms with Crippen LogP contribution in [0.3, 0.4) is 0 Å². The van der Waals surface area contributed by atoms with E-state index in [1.165, 1.54) is 0 Å². The fourth-order valence-corrected chi connectivity index (χ4v) is 0.632. The van der Waals surface area contributed by atoms with E-state index in [9.17, 15) is 0 Å². The third kappa shape index (κ3) is 6.27. The Morgan fingerprint density at radius 1 is 1.50 bits per heavy atom. The number of nitrogens with zero attached hydrogens (tertiary/aromatic N) is 1. The Hall–Kier alpha value is 0.270. The quantitative estimate of drug-likeness (QED) is 0.427. The number of nitrogens with one attached hydrogen (secondary N) is 1. The first kappa shape index (κ1) is 8.27. The second-order valence-electron chi connectivity index (χ2n) is 2.06. The van der Waals surface area contributed by atoms with Gasteiger partial charge in [0.05, 0.1) is 0 Å². The summed E-state index contributed by atoms with van der Waals surface area (Å²) in [5, 5.41) is 0. The van der Waals surface area contributed by atoms with Crippen LogP contribution in [-0.4, -0.2) is 32.1 Å². The molecule has 0 rings (SSSR count). The van der Waals surface area contributed by atoms with Crippen LogP contribution in [-0.2, 0) is 0 Å². The minimum atomic E-state index is 0.987. The van der Waals surface area contributed by atoms with E-state index >= 15 is 0 Å². The first-order valence-electron chi connectivity index (χ1n) is 2.79. The molecular weight excluding hydrogens is 120 g/mol. The van der Waals surface area contributed by atoms with Crippen LogP contribution in [0, 0.1) is 0 Å². The zero-order valence-electron chi connectivity index (χ0n) is 5.52. The van der Waals surface area contributed by atoms with Gasteiger partial charge in [-0.1, -0.05) is 12.8 Å². The minimum Gasteiger partial charge on any atom is -0.309 e. The summed E-state index contributed by atoms with van der Waals surface area (Å²) in [6, 6.07) is 0. The van der Waals surface area contributed by atoms with Gasteiger partial charge in [0.2, 0.25) is 0 Å². The summed E-state index contributed by atoms with van der Waals surface area (Å²) in [4.78, 5) is 2.16. The van der Waals surface area contributed by atoms with Crippen LogP contribution in [0.4, 0.5) is 0 Å². The Balaban J connectivity index is 2.72. The van der Waals surface area contributed by atoms with E-state index in [1.54, 1.807) is 0 Å². The molecule has 0 bridgehead atoms. The van der Waals surface area contributed by atoms with Gasteiger partial charge in [0.15, 0.2) is 0 Å². The van der Waals surface area contributed by atoms with Gasteiger partial charge in [-0.15, -0.1) is 0 Å². The molecule has 0 atom stereocenters. The summed E-state index contributed by atoms with van der Waals surface area (Å²) in [6.07, 6.45) is 1.16. The average molecular weight is 134 g/mol. The van der Waals surface area contributed by atoms with E-state index in [0.717, 1.165) is 19.5 Å². The first-order chi connectivity index (χ1) is 3.77. The lowest BCUT2D eigenvalue weighted by Crippen LogP contribution is -2.16. The monoisotopic (exact) mass is 134 g/mol. The van der Waals surface area contributed by atoms with Crippen molar-refractivity contribution in [1.29, 1.82) is 0 Å². The lowest BCUT2D eigenvalue weighted by Gasteiger charge is -2.07. The Morgan fingerprint density at radius 2 is 2.12 bits per heavy atom. The van der Waals surface area contributed by atoms with Crippen LogP contribution >= 0.6 is 12.8 Å². The molecule has 0 aliphatic heterocycles. The summed E-state index contributed by atoms with van der Waals surface area (Å²) in [7, 11) is 4.14. The summed E-state index contributed by atoms with van der Waals surface area (Å²) in [5.41, 5.74) is 0. The normalized spacial score (nSPS) is 10.5. The first-order valence-corrected chi connectivity index (χ1v) is 3.24. The molecule has 8 heavy (non-hydrogen) atoms. The van der Waals surface area contributed by atoms with Gasteiger partial charge >= 0.3 is 0 Å². The van der Waals surface area contributed by atoms with Crippen LogP contribution in [0.2, 0.25) is 0 Å². The predicted molar refractivity (Wildman–Crippen MR) is 40.2 cm³/mol. The third-order valence-electron chi connectivity index (χ3n) is 0.894. The second kappa shape index (κ2) is 5.41. The highest BCUT2D eigenvalue weighted by atomic mass is 32.1. The highest BCUT2D eigenvalue weighted by molar-refractivity contribution is 7.78. The van der Waals surface area contributed by atoms with Crippen molar-refractivity contribution in [3.63, 3.8) is 0 Å². The topological polar surface area (TPSA) is 15.3 Å². The molecule has 3 heteroatoms. The maximum absolute atomic E-state index is 3.85. The molecular formula is C5H14N2S. The number of thiol groups is 1. The zero-order chi connectivity index (χ0) is 6.41. The molecule has 0 saturated carbocycles. The molecule has 0 saturated heterocycles. The molecule has 50 valence electrons. The van der Waals surface area contributed by atoms with Gasteiger partial charge in [-0.3, -0.25) is 4.72 Å². The molecule has 0 spiro atoms. The number of hydrogen-bond acceptors (Lipinski definition) is 3. The molecule has 0 heterocycles. The molecule has 2 nitrogen and oxygen atoms in total. The van der Waals surface area contributed by atoms with Crippen molar-refractivity contribution in [1.82, 2.24) is 9.62 Å². The van der Waals surface area contributed by atoms with Crippen molar-refractivity contribution in [2.75, 3.05) is 27.2 Å². The van der Waals surface area contributed by atoms with Crippen LogP contribution < -0.4 is 4.72 Å². The Labute approximate surface area is 56.8 Å². The molecule has 0 aromatic carbocycles. The lowest BCUT2D eigenvalue weighted by atomic mass is 10.4. The standard InChI is InChI=1S/C5H14N2S/c1-7(2)5-3-4-6-8/h6,8H,3-5H2,1-2H3. The van der Waals surface area contributed by atoms with Crippen LogP contribution in [0.25, 0.3) is 0 Å². The molecule has 1 N–H and O–H groups in total. The van der Waals surface area contributed by atoms with E-state index in [4.69, 9.17) is 0 Å². The lowest BCUT2D eigenvalue weighted by molar-refractivity contribution is 0.401. The minimum absolute atomic E-state index is 0.987. The van der Waals surface area contributed by atoms with Crippen molar-refractivity contribution >= 4 is 12.8 Å². The molecule has 0 radical (unpaired) electrons. The van der Waals surface area contributed by atoms with E-state index < -0.39 is 0 Å². The number of rotatable bonds is 4. The molecule has 0 aliphatic rings. The predicted octanol–water partition coefficient (Wildman–Crippen LogP) is 0.373. The van der Waals surface area contributed by atoms with E-state index in [-0.39, 0.29) is 0 Å². The van der Waals surface area contributed by atoms with Crippen LogP contribution in [0.5, 0.6) is 0 Å². The Bertz CT molecular complexity index is 47.7. The van der Waals surface area contributed by atoms with Gasteiger partial charge in [0.25, 0.3) is 0 Å². The van der Waals surface area contributed by atoms with Gasteiger partial charge in [-0.2, -0.15) is 0 Å². The van der Waals surface area contributed by atoms with Crippen molar-refractivity contribution < 1.29 is 0 Å². The van der Waals surface area contributed by atoms with Crippen molar-refractivity contribution in [3.05, 3.63) is 0 Å². The van der Waals surface area contributed by atoms with Gasteiger partial charge < -0.3 is 4.90 Å². The molecule has 0 fully saturated rings. The fourth-order valence-electron chi connectivity index (χ4n) is 0.474. The van der Waals surface area contributed by atoms with Gasteiger partial charge in [-0.25, -0.2) is 0 Å². The summed E-state index contributed by atoms with van der Waals surface area (Å²) >= 11 is 3.85.